The van der Waals surface area contributed by atoms with E-state index in [1.807, 2.05) is 55.5 Å². The molecule has 82 valence electrons. The van der Waals surface area contributed by atoms with E-state index in [9.17, 15) is 0 Å². The standard InChI is InChI=1S/C7H9O.C5H5.Fe/c1-6-4-3-5-7(6)8-2;1-2-4-5-3-1;/h3-5H,1-2H3;1-5H;/q-1;-5;. The molecule has 0 bridgehead atoms. The minimum atomic E-state index is 0. The van der Waals surface area contributed by atoms with E-state index in [0.29, 0.717) is 0 Å². The topological polar surface area (TPSA) is 9.23 Å². The molecule has 2 aromatic carbocycles. The van der Waals surface area contributed by atoms with E-state index in [0.717, 1.165) is 5.75 Å². The van der Waals surface area contributed by atoms with Crippen LogP contribution in [0.2, 0.25) is 0 Å². The van der Waals surface area contributed by atoms with Gasteiger partial charge in [0.15, 0.2) is 0 Å². The van der Waals surface area contributed by atoms with E-state index in [2.05, 4.69) is 0 Å². The summed E-state index contributed by atoms with van der Waals surface area (Å²) in [5, 5.41) is 0. The molecule has 0 aliphatic carbocycles. The summed E-state index contributed by atoms with van der Waals surface area (Å²) >= 11 is 0. The quantitative estimate of drug-likeness (QED) is 0.540. The number of rotatable bonds is 1. The smallest absolute Gasteiger partial charge is 0.0607 e. The Morgan fingerprint density at radius 2 is 1.64 bits per heavy atom. The first-order valence-corrected chi connectivity index (χ1v) is 4.27. The zero-order valence-corrected chi connectivity index (χ0v) is 9.48. The molecular formula is C12H14FeO-6. The van der Waals surface area contributed by atoms with Crippen LogP contribution in [0.3, 0.4) is 0 Å². The molecule has 0 saturated carbocycles. The zero-order chi connectivity index (χ0) is 9.52. The van der Waals surface area contributed by atoms with E-state index in [4.69, 9.17) is 4.74 Å². The van der Waals surface area contributed by atoms with Crippen LogP contribution in [-0.4, -0.2) is 7.11 Å². The van der Waals surface area contributed by atoms with Gasteiger partial charge < -0.3 is 35.1 Å². The van der Waals surface area contributed by atoms with Gasteiger partial charge in [0.05, 0.1) is 7.11 Å². The van der Waals surface area contributed by atoms with Crippen molar-refractivity contribution in [3.8, 4) is 5.75 Å². The van der Waals surface area contributed by atoms with Crippen molar-refractivity contribution in [1.82, 2.24) is 0 Å². The fourth-order valence-corrected chi connectivity index (χ4v) is 1.04. The largest absolute Gasteiger partial charge is 0.748 e. The monoisotopic (exact) mass is 230 g/mol. The van der Waals surface area contributed by atoms with Crippen molar-refractivity contribution < 1.29 is 21.8 Å². The van der Waals surface area contributed by atoms with Crippen molar-refractivity contribution >= 4 is 0 Å². The Labute approximate surface area is 95.9 Å². The Balaban J connectivity index is 0.000000246. The third kappa shape index (κ3) is 4.31. The van der Waals surface area contributed by atoms with Crippen molar-refractivity contribution in [2.45, 2.75) is 6.92 Å². The van der Waals surface area contributed by atoms with Crippen LogP contribution in [0.25, 0.3) is 0 Å². The molecule has 0 aliphatic heterocycles. The van der Waals surface area contributed by atoms with Crippen molar-refractivity contribution in [2.75, 3.05) is 7.11 Å². The molecule has 0 fully saturated rings. The molecule has 0 aliphatic rings. The fraction of sp³-hybridized carbons (Fsp3) is 0.167. The second kappa shape index (κ2) is 7.43. The van der Waals surface area contributed by atoms with Crippen LogP contribution >= 0.6 is 0 Å². The van der Waals surface area contributed by atoms with Crippen LogP contribution in [0.5, 0.6) is 5.75 Å². The van der Waals surface area contributed by atoms with Gasteiger partial charge >= 0.3 is 0 Å². The van der Waals surface area contributed by atoms with Crippen LogP contribution < -0.4 is 4.74 Å². The first-order valence-electron chi connectivity index (χ1n) is 4.27. The maximum Gasteiger partial charge on any atom is 0.0607 e. The molecule has 2 aromatic rings. The first-order chi connectivity index (χ1) is 6.34. The Morgan fingerprint density at radius 3 is 1.86 bits per heavy atom. The van der Waals surface area contributed by atoms with Gasteiger partial charge in [0.2, 0.25) is 0 Å². The van der Waals surface area contributed by atoms with Crippen LogP contribution in [0, 0.1) is 6.92 Å². The van der Waals surface area contributed by atoms with Crippen molar-refractivity contribution in [3.05, 3.63) is 54.1 Å². The number of aryl methyl sites for hydroxylation is 1. The van der Waals surface area contributed by atoms with Crippen LogP contribution in [-0.2, 0) is 17.1 Å². The Morgan fingerprint density at radius 1 is 1.14 bits per heavy atom. The number of hydrogen-bond acceptors (Lipinski definition) is 1. The summed E-state index contributed by atoms with van der Waals surface area (Å²) in [7, 11) is 1.68. The van der Waals surface area contributed by atoms with Gasteiger partial charge in [-0.2, -0.15) is 0 Å². The average Bonchev–Trinajstić information content (AvgIpc) is 2.76. The Kier molecular flexibility index (Phi) is 6.91. The molecule has 2 rings (SSSR count). The summed E-state index contributed by atoms with van der Waals surface area (Å²) < 4.78 is 4.98. The molecule has 0 atom stereocenters. The molecule has 0 unspecified atom stereocenters. The fourth-order valence-electron chi connectivity index (χ4n) is 1.04. The van der Waals surface area contributed by atoms with E-state index < -0.39 is 0 Å². The molecule has 0 saturated heterocycles. The molecule has 0 spiro atoms. The van der Waals surface area contributed by atoms with Gasteiger partial charge in [0.25, 0.3) is 0 Å². The number of hydrogen-bond donors (Lipinski definition) is 0. The Hall–Kier alpha value is -0.981. The van der Waals surface area contributed by atoms with Gasteiger partial charge in [0, 0.05) is 22.8 Å². The van der Waals surface area contributed by atoms with Gasteiger partial charge in [-0.3, -0.25) is 0 Å². The molecule has 0 aromatic heterocycles. The molecule has 0 amide bonds. The predicted octanol–water partition coefficient (Wildman–Crippen LogP) is 3.13. The molecule has 2 heteroatoms. The third-order valence-electron chi connectivity index (χ3n) is 1.76. The normalized spacial score (nSPS) is 8.14. The van der Waals surface area contributed by atoms with Crippen molar-refractivity contribution in [1.29, 1.82) is 0 Å². The zero-order valence-electron chi connectivity index (χ0n) is 8.38. The summed E-state index contributed by atoms with van der Waals surface area (Å²) in [4.78, 5) is 0. The second-order valence-corrected chi connectivity index (χ2v) is 2.74. The van der Waals surface area contributed by atoms with Crippen molar-refractivity contribution in [3.63, 3.8) is 0 Å². The summed E-state index contributed by atoms with van der Waals surface area (Å²) in [6.45, 7) is 2.03. The SMILES string of the molecule is CO[c-]1cccc1C.[Fe].[cH-]1[cH-][cH-][cH-][cH-]1. The van der Waals surface area contributed by atoms with Crippen LogP contribution in [0.1, 0.15) is 5.56 Å². The van der Waals surface area contributed by atoms with Gasteiger partial charge in [-0.1, -0.05) is 6.92 Å². The van der Waals surface area contributed by atoms with E-state index in [1.54, 1.807) is 7.11 Å². The molecular weight excluding hydrogens is 216 g/mol. The summed E-state index contributed by atoms with van der Waals surface area (Å²) in [5.74, 6) is 0.977. The van der Waals surface area contributed by atoms with Gasteiger partial charge in [-0.15, -0.1) is 11.6 Å². The maximum absolute atomic E-state index is 4.98. The van der Waals surface area contributed by atoms with Gasteiger partial charge in [0.1, 0.15) is 0 Å². The van der Waals surface area contributed by atoms with Crippen molar-refractivity contribution in [2.24, 2.45) is 0 Å². The summed E-state index contributed by atoms with van der Waals surface area (Å²) in [6, 6.07) is 16.0. The Bertz CT molecular complexity index is 291. The van der Waals surface area contributed by atoms with Crippen LogP contribution in [0.15, 0.2) is 48.5 Å². The third-order valence-corrected chi connectivity index (χ3v) is 1.76. The number of ether oxygens (including phenoxy) is 1. The second-order valence-electron chi connectivity index (χ2n) is 2.74. The first kappa shape index (κ1) is 13.0. The van der Waals surface area contributed by atoms with E-state index >= 15 is 0 Å². The van der Waals surface area contributed by atoms with Crippen LogP contribution in [0.4, 0.5) is 0 Å². The molecule has 14 heavy (non-hydrogen) atoms. The molecule has 0 radical (unpaired) electrons. The summed E-state index contributed by atoms with van der Waals surface area (Å²) in [6.07, 6.45) is 0. The van der Waals surface area contributed by atoms with Gasteiger partial charge in [-0.05, 0) is 0 Å². The van der Waals surface area contributed by atoms with E-state index in [1.165, 1.54) is 5.56 Å². The molecule has 0 N–H and O–H groups in total. The predicted molar refractivity (Wildman–Crippen MR) is 55.4 cm³/mol. The number of methoxy groups -OCH3 is 1. The molecule has 1 nitrogen and oxygen atoms in total. The minimum Gasteiger partial charge on any atom is -0.748 e. The molecule has 0 heterocycles. The average molecular weight is 230 g/mol. The summed E-state index contributed by atoms with van der Waals surface area (Å²) in [5.41, 5.74) is 1.20. The minimum absolute atomic E-state index is 0. The maximum atomic E-state index is 4.98. The van der Waals surface area contributed by atoms with E-state index in [-0.39, 0.29) is 17.1 Å². The van der Waals surface area contributed by atoms with Gasteiger partial charge in [-0.25, -0.2) is 12.1 Å².